The molecule has 0 unspecified atom stereocenters. The molecule has 2 N–H and O–H groups in total. The average Bonchev–Trinajstić information content (AvgIpc) is 3.09. The lowest BCUT2D eigenvalue weighted by Crippen LogP contribution is -2.26. The quantitative estimate of drug-likeness (QED) is 0.815. The number of rotatable bonds is 5. The molecule has 1 amide bonds. The third-order valence-electron chi connectivity index (χ3n) is 2.89. The molecule has 0 fully saturated rings. The van der Waals surface area contributed by atoms with Crippen LogP contribution in [0.5, 0.6) is 0 Å². The van der Waals surface area contributed by atoms with E-state index in [0.29, 0.717) is 29.8 Å². The molecule has 0 aliphatic rings. The van der Waals surface area contributed by atoms with E-state index >= 15 is 0 Å². The minimum Gasteiger partial charge on any atom is -0.395 e. The molecule has 2 aromatic heterocycles. The predicted octanol–water partition coefficient (Wildman–Crippen LogP) is 1.19. The maximum atomic E-state index is 12.1. The third-order valence-corrected chi connectivity index (χ3v) is 3.80. The molecule has 5 nitrogen and oxygen atoms in total. The minimum absolute atomic E-state index is 0.0301. The molecular weight excluding hydrogens is 286 g/mol. The Morgan fingerprint density at radius 3 is 3.14 bits per heavy atom. The maximum absolute atomic E-state index is 12.1. The van der Waals surface area contributed by atoms with E-state index in [0.717, 1.165) is 5.82 Å². The zero-order valence-electron chi connectivity index (χ0n) is 11.8. The summed E-state index contributed by atoms with van der Waals surface area (Å²) in [4.78, 5) is 17.0. The normalized spacial score (nSPS) is 10.0. The summed E-state index contributed by atoms with van der Waals surface area (Å²) < 4.78 is 1.93. The second kappa shape index (κ2) is 7.62. The Bertz CT molecular complexity index is 664. The van der Waals surface area contributed by atoms with Crippen molar-refractivity contribution >= 4 is 17.2 Å². The van der Waals surface area contributed by atoms with E-state index < -0.39 is 0 Å². The van der Waals surface area contributed by atoms with Crippen LogP contribution in [0.25, 0.3) is 0 Å². The lowest BCUT2D eigenvalue weighted by atomic mass is 10.2. The van der Waals surface area contributed by atoms with Gasteiger partial charge in [-0.1, -0.05) is 11.8 Å². The number of carbonyl (C=O) groups excluding carboxylic acids is 1. The van der Waals surface area contributed by atoms with Crippen molar-refractivity contribution < 1.29 is 9.90 Å². The maximum Gasteiger partial charge on any atom is 0.262 e. The summed E-state index contributed by atoms with van der Waals surface area (Å²) in [6.45, 7) is 0.563. The van der Waals surface area contributed by atoms with Crippen molar-refractivity contribution in [2.24, 2.45) is 7.05 Å². The van der Waals surface area contributed by atoms with Gasteiger partial charge in [0.2, 0.25) is 0 Å². The second-order valence-corrected chi connectivity index (χ2v) is 5.32. The highest BCUT2D eigenvalue weighted by Gasteiger charge is 2.11. The number of aryl methyl sites for hydroxylation is 1. The first kappa shape index (κ1) is 15.3. The fourth-order valence-electron chi connectivity index (χ4n) is 1.80. The summed E-state index contributed by atoms with van der Waals surface area (Å²) in [7, 11) is 1.93. The molecule has 0 radical (unpaired) electrons. The number of imidazole rings is 1. The van der Waals surface area contributed by atoms with Crippen molar-refractivity contribution in [1.29, 1.82) is 0 Å². The van der Waals surface area contributed by atoms with Crippen LogP contribution in [-0.2, 0) is 13.5 Å². The number of nitrogens with zero attached hydrogens (tertiary/aromatic N) is 2. The second-order valence-electron chi connectivity index (χ2n) is 4.40. The van der Waals surface area contributed by atoms with Crippen LogP contribution in [0.2, 0.25) is 0 Å². The Hall–Kier alpha value is -2.10. The molecule has 0 atom stereocenters. The molecule has 0 saturated carbocycles. The van der Waals surface area contributed by atoms with Crippen LogP contribution in [0.3, 0.4) is 0 Å². The highest BCUT2D eigenvalue weighted by atomic mass is 32.1. The molecule has 0 aliphatic carbocycles. The van der Waals surface area contributed by atoms with Crippen LogP contribution in [-0.4, -0.2) is 33.7 Å². The van der Waals surface area contributed by atoms with Gasteiger partial charge in [0, 0.05) is 44.4 Å². The first-order valence-corrected chi connectivity index (χ1v) is 7.52. The lowest BCUT2D eigenvalue weighted by Gasteiger charge is -2.04. The van der Waals surface area contributed by atoms with E-state index in [1.807, 2.05) is 29.3 Å². The van der Waals surface area contributed by atoms with Crippen molar-refractivity contribution in [3.05, 3.63) is 40.1 Å². The van der Waals surface area contributed by atoms with Gasteiger partial charge < -0.3 is 15.0 Å². The predicted molar refractivity (Wildman–Crippen MR) is 82.1 cm³/mol. The van der Waals surface area contributed by atoms with E-state index in [1.165, 1.54) is 11.3 Å². The first-order valence-electron chi connectivity index (χ1n) is 6.64. The molecule has 2 aromatic rings. The largest absolute Gasteiger partial charge is 0.395 e. The Morgan fingerprint density at radius 2 is 2.43 bits per heavy atom. The molecule has 2 heterocycles. The zero-order chi connectivity index (χ0) is 15.1. The van der Waals surface area contributed by atoms with Crippen LogP contribution in [0.1, 0.15) is 27.5 Å². The Morgan fingerprint density at radius 1 is 1.57 bits per heavy atom. The van der Waals surface area contributed by atoms with Gasteiger partial charge in [0.05, 0.1) is 6.61 Å². The van der Waals surface area contributed by atoms with Gasteiger partial charge in [0.15, 0.2) is 0 Å². The molecule has 0 spiro atoms. The van der Waals surface area contributed by atoms with Crippen molar-refractivity contribution in [2.75, 3.05) is 13.2 Å². The fraction of sp³-hybridized carbons (Fsp3) is 0.333. The minimum atomic E-state index is -0.118. The number of aliphatic hydroxyl groups is 1. The summed E-state index contributed by atoms with van der Waals surface area (Å²) in [6, 6.07) is 1.82. The number of amides is 1. The molecule has 110 valence electrons. The summed E-state index contributed by atoms with van der Waals surface area (Å²) >= 11 is 1.37. The Kier molecular flexibility index (Phi) is 5.55. The number of aliphatic hydroxyl groups excluding tert-OH is 1. The molecule has 0 bridgehead atoms. The standard InChI is InChI=1S/C15H17N3O2S/c1-18-9-8-16-13(18)5-7-17-15(20)14-12(6-11-21-14)4-2-3-10-19/h6,8-9,11,19H,3,5,7,10H2,1H3,(H,17,20). The molecular formula is C15H17N3O2S. The monoisotopic (exact) mass is 303 g/mol. The summed E-state index contributed by atoms with van der Waals surface area (Å²) in [5.74, 6) is 6.56. The fourth-order valence-corrected chi connectivity index (χ4v) is 2.57. The van der Waals surface area contributed by atoms with Gasteiger partial charge in [-0.3, -0.25) is 4.79 Å². The first-order chi connectivity index (χ1) is 10.2. The van der Waals surface area contributed by atoms with Gasteiger partial charge in [-0.15, -0.1) is 11.3 Å². The smallest absolute Gasteiger partial charge is 0.262 e. The van der Waals surface area contributed by atoms with E-state index in [4.69, 9.17) is 5.11 Å². The molecule has 0 aliphatic heterocycles. The zero-order valence-corrected chi connectivity index (χ0v) is 12.6. The number of carbonyl (C=O) groups is 1. The van der Waals surface area contributed by atoms with E-state index in [2.05, 4.69) is 22.1 Å². The molecule has 6 heteroatoms. The van der Waals surface area contributed by atoms with E-state index in [1.54, 1.807) is 6.20 Å². The summed E-state index contributed by atoms with van der Waals surface area (Å²) in [5, 5.41) is 13.4. The SMILES string of the molecule is Cn1ccnc1CCNC(=O)c1sccc1C#CCCO. The summed E-state index contributed by atoms with van der Waals surface area (Å²) in [6.07, 6.45) is 4.72. The highest BCUT2D eigenvalue weighted by molar-refractivity contribution is 7.12. The van der Waals surface area contributed by atoms with Crippen LogP contribution < -0.4 is 5.32 Å². The van der Waals surface area contributed by atoms with Gasteiger partial charge in [-0.25, -0.2) is 4.98 Å². The number of nitrogens with one attached hydrogen (secondary N) is 1. The Labute approximate surface area is 127 Å². The van der Waals surface area contributed by atoms with E-state index in [-0.39, 0.29) is 12.5 Å². The van der Waals surface area contributed by atoms with Crippen molar-refractivity contribution in [2.45, 2.75) is 12.8 Å². The van der Waals surface area contributed by atoms with Gasteiger partial charge >= 0.3 is 0 Å². The van der Waals surface area contributed by atoms with Crippen LogP contribution >= 0.6 is 11.3 Å². The number of hydrogen-bond acceptors (Lipinski definition) is 4. The number of hydrogen-bond donors (Lipinski definition) is 2. The van der Waals surface area contributed by atoms with Gasteiger partial charge in [0.1, 0.15) is 10.7 Å². The Balaban J connectivity index is 1.91. The molecule has 0 aromatic carbocycles. The number of thiophene rings is 1. The molecule has 21 heavy (non-hydrogen) atoms. The topological polar surface area (TPSA) is 67.2 Å². The van der Waals surface area contributed by atoms with Crippen molar-refractivity contribution in [3.63, 3.8) is 0 Å². The number of aromatic nitrogens is 2. The van der Waals surface area contributed by atoms with Gasteiger partial charge in [-0.2, -0.15) is 0 Å². The van der Waals surface area contributed by atoms with Crippen LogP contribution in [0, 0.1) is 11.8 Å². The lowest BCUT2D eigenvalue weighted by molar-refractivity contribution is 0.0958. The van der Waals surface area contributed by atoms with Crippen molar-refractivity contribution in [1.82, 2.24) is 14.9 Å². The molecule has 0 saturated heterocycles. The van der Waals surface area contributed by atoms with Gasteiger partial charge in [0.25, 0.3) is 5.91 Å². The van der Waals surface area contributed by atoms with Crippen LogP contribution in [0.4, 0.5) is 0 Å². The van der Waals surface area contributed by atoms with E-state index in [9.17, 15) is 4.79 Å². The van der Waals surface area contributed by atoms with Crippen molar-refractivity contribution in [3.8, 4) is 11.8 Å². The third kappa shape index (κ3) is 4.18. The molecule has 2 rings (SSSR count). The van der Waals surface area contributed by atoms with Crippen LogP contribution in [0.15, 0.2) is 23.8 Å². The summed E-state index contributed by atoms with van der Waals surface area (Å²) in [5.41, 5.74) is 0.711. The van der Waals surface area contributed by atoms with Gasteiger partial charge in [-0.05, 0) is 11.4 Å². The highest BCUT2D eigenvalue weighted by Crippen LogP contribution is 2.15. The average molecular weight is 303 g/mol.